The van der Waals surface area contributed by atoms with Crippen LogP contribution in [0, 0.1) is 5.92 Å². The molecule has 1 aromatic rings. The van der Waals surface area contributed by atoms with Gasteiger partial charge in [-0.2, -0.15) is 13.2 Å². The van der Waals surface area contributed by atoms with Gasteiger partial charge >= 0.3 is 6.18 Å². The van der Waals surface area contributed by atoms with Gasteiger partial charge in [0.2, 0.25) is 11.7 Å². The van der Waals surface area contributed by atoms with E-state index in [-0.39, 0.29) is 11.8 Å². The van der Waals surface area contributed by atoms with Gasteiger partial charge in [0.1, 0.15) is 12.5 Å². The molecule has 0 saturated heterocycles. The minimum atomic E-state index is -5.19. The Kier molecular flexibility index (Phi) is 14.8. The van der Waals surface area contributed by atoms with Crippen LogP contribution in [0.2, 0.25) is 0 Å². The number of nitrogens with one attached hydrogen (secondary N) is 2. The van der Waals surface area contributed by atoms with Gasteiger partial charge in [-0.05, 0) is 24.0 Å². The van der Waals surface area contributed by atoms with E-state index in [1.807, 2.05) is 13.0 Å². The molecule has 4 N–H and O–H groups in total. The van der Waals surface area contributed by atoms with E-state index in [4.69, 9.17) is 15.6 Å². The standard InChI is InChI=1S/C21H35N3O.C2HF3O2/c1-4-6-7-8-13-20(10-5-2)21(25)24-16-19-12-9-11-18(14-19)15-23-17(3)22;3-2(4,5)1(6)7/h9,11-12,14,20H,4-8,10,13,15-16H2,1-3H3,(H2,22,23)(H,24,25);(H,6,7)/t20-;/m1./s1. The number of rotatable bonds is 12. The molecule has 1 aromatic carbocycles. The number of benzene rings is 1. The fourth-order valence-electron chi connectivity index (χ4n) is 3.00. The van der Waals surface area contributed by atoms with Gasteiger partial charge in [-0.25, -0.2) is 0 Å². The lowest BCUT2D eigenvalue weighted by Crippen LogP contribution is -2.72. The maximum Gasteiger partial charge on any atom is 0.430 e. The monoisotopic (exact) mass is 459 g/mol. The van der Waals surface area contributed by atoms with Gasteiger partial charge in [0, 0.05) is 19.4 Å². The molecule has 1 atom stereocenters. The van der Waals surface area contributed by atoms with Crippen molar-refractivity contribution in [2.24, 2.45) is 11.7 Å². The third kappa shape index (κ3) is 14.4. The van der Waals surface area contributed by atoms with Crippen LogP contribution in [0.4, 0.5) is 13.2 Å². The van der Waals surface area contributed by atoms with Gasteiger partial charge in [-0.3, -0.25) is 15.5 Å². The molecule has 182 valence electrons. The van der Waals surface area contributed by atoms with E-state index in [9.17, 15) is 18.0 Å². The highest BCUT2D eigenvalue weighted by Gasteiger charge is 2.28. The van der Waals surface area contributed by atoms with E-state index in [0.717, 1.165) is 31.2 Å². The molecule has 1 rings (SSSR count). The van der Waals surface area contributed by atoms with E-state index < -0.39 is 12.1 Å². The highest BCUT2D eigenvalue weighted by molar-refractivity contribution is 5.78. The summed E-state index contributed by atoms with van der Waals surface area (Å²) in [6.07, 6.45) is 2.74. The van der Waals surface area contributed by atoms with Crippen LogP contribution in [-0.4, -0.2) is 23.9 Å². The molecule has 0 aliphatic rings. The normalized spacial score (nSPS) is 12.5. The van der Waals surface area contributed by atoms with Crippen molar-refractivity contribution in [2.45, 2.75) is 85.0 Å². The smallest absolute Gasteiger partial charge is 0.430 e. The zero-order valence-electron chi connectivity index (χ0n) is 19.2. The van der Waals surface area contributed by atoms with Gasteiger partial charge in [0.05, 0.1) is 0 Å². The van der Waals surface area contributed by atoms with Crippen molar-refractivity contribution in [3.63, 3.8) is 0 Å². The number of amides is 1. The Balaban J connectivity index is 0.00000118. The van der Waals surface area contributed by atoms with Crippen LogP contribution in [0.1, 0.15) is 76.8 Å². The number of carbonyl (C=O) groups excluding carboxylic acids is 2. The molecule has 0 aromatic heterocycles. The number of alkyl halides is 3. The number of nitrogens with two attached hydrogens (primary N) is 1. The lowest BCUT2D eigenvalue weighted by molar-refractivity contribution is -0.476. The third-order valence-corrected chi connectivity index (χ3v) is 4.68. The second-order valence-electron chi connectivity index (χ2n) is 7.69. The Bertz CT molecular complexity index is 718. The average Bonchev–Trinajstić information content (AvgIpc) is 2.73. The Morgan fingerprint density at radius 3 is 2.25 bits per heavy atom. The number of carbonyl (C=O) groups is 2. The first kappa shape index (κ1) is 29.4. The van der Waals surface area contributed by atoms with Crippen LogP contribution in [-0.2, 0) is 22.7 Å². The molecule has 32 heavy (non-hydrogen) atoms. The summed E-state index contributed by atoms with van der Waals surface area (Å²) in [6.45, 7) is 7.51. The molecule has 0 unspecified atom stereocenters. The molecule has 0 aliphatic carbocycles. The summed E-state index contributed by atoms with van der Waals surface area (Å²) in [5, 5.41) is 11.9. The molecule has 0 aliphatic heterocycles. The van der Waals surface area contributed by atoms with Crippen LogP contribution in [0.25, 0.3) is 0 Å². The summed E-state index contributed by atoms with van der Waals surface area (Å²) >= 11 is 0. The molecule has 0 radical (unpaired) electrons. The van der Waals surface area contributed by atoms with Crippen molar-refractivity contribution in [1.82, 2.24) is 5.32 Å². The number of aliphatic carboxylic acids is 1. The number of hydrogen-bond donors (Lipinski definition) is 3. The highest BCUT2D eigenvalue weighted by Crippen LogP contribution is 2.17. The second kappa shape index (κ2) is 16.1. The SMILES string of the molecule is CCCCCC[C@@H](CCC)C(=O)NCc1cccc(C[NH+]=C(C)N)c1.O=C([O-])C(F)(F)F. The molecular formula is C23H36F3N3O3. The molecule has 1 amide bonds. The van der Waals surface area contributed by atoms with Crippen LogP contribution in [0.5, 0.6) is 0 Å². The summed E-state index contributed by atoms with van der Waals surface area (Å²) in [5.74, 6) is -1.94. The Morgan fingerprint density at radius 1 is 1.09 bits per heavy atom. The second-order valence-corrected chi connectivity index (χ2v) is 7.69. The molecule has 6 nitrogen and oxygen atoms in total. The van der Waals surface area contributed by atoms with Gasteiger partial charge in [-0.15, -0.1) is 0 Å². The van der Waals surface area contributed by atoms with Crippen molar-refractivity contribution in [3.05, 3.63) is 35.4 Å². The van der Waals surface area contributed by atoms with Crippen LogP contribution in [0.15, 0.2) is 24.3 Å². The van der Waals surface area contributed by atoms with Gasteiger partial charge in [0.15, 0.2) is 0 Å². The van der Waals surface area contributed by atoms with E-state index in [2.05, 4.69) is 42.4 Å². The van der Waals surface area contributed by atoms with Crippen LogP contribution in [0.3, 0.4) is 0 Å². The molecular weight excluding hydrogens is 423 g/mol. The molecule has 0 spiro atoms. The summed E-state index contributed by atoms with van der Waals surface area (Å²) in [7, 11) is 0. The molecule has 0 saturated carbocycles. The zero-order chi connectivity index (χ0) is 24.6. The first-order chi connectivity index (χ1) is 15.0. The maximum atomic E-state index is 12.5. The summed E-state index contributed by atoms with van der Waals surface area (Å²) in [6, 6.07) is 8.26. The number of hydrogen-bond acceptors (Lipinski definition) is 3. The molecule has 0 heterocycles. The Labute approximate surface area is 188 Å². The van der Waals surface area contributed by atoms with Crippen LogP contribution >= 0.6 is 0 Å². The summed E-state index contributed by atoms with van der Waals surface area (Å²) in [5.41, 5.74) is 7.94. The highest BCUT2D eigenvalue weighted by atomic mass is 19.4. The summed E-state index contributed by atoms with van der Waals surface area (Å²) < 4.78 is 31.5. The topological polar surface area (TPSA) is 109 Å². The van der Waals surface area contributed by atoms with E-state index in [1.165, 1.54) is 24.8 Å². The number of amidine groups is 1. The van der Waals surface area contributed by atoms with Gasteiger partial charge in [0.25, 0.3) is 0 Å². The molecule has 9 heteroatoms. The lowest BCUT2D eigenvalue weighted by Gasteiger charge is -2.16. The third-order valence-electron chi connectivity index (χ3n) is 4.68. The fourth-order valence-corrected chi connectivity index (χ4v) is 3.00. The first-order valence-corrected chi connectivity index (χ1v) is 11.0. The Morgan fingerprint density at radius 2 is 1.72 bits per heavy atom. The largest absolute Gasteiger partial charge is 0.542 e. The summed E-state index contributed by atoms with van der Waals surface area (Å²) in [4.78, 5) is 24.4. The number of halogens is 3. The first-order valence-electron chi connectivity index (χ1n) is 11.0. The minimum Gasteiger partial charge on any atom is -0.542 e. The van der Waals surface area contributed by atoms with Crippen molar-refractivity contribution in [3.8, 4) is 0 Å². The van der Waals surface area contributed by atoms with Crippen molar-refractivity contribution in [2.75, 3.05) is 0 Å². The fraction of sp³-hybridized carbons (Fsp3) is 0.609. The zero-order valence-corrected chi connectivity index (χ0v) is 19.2. The molecule has 0 bridgehead atoms. The minimum absolute atomic E-state index is 0.154. The number of carboxylic acids is 1. The van der Waals surface area contributed by atoms with E-state index >= 15 is 0 Å². The quantitative estimate of drug-likeness (QED) is 0.252. The van der Waals surface area contributed by atoms with Gasteiger partial charge in [-0.1, -0.05) is 70.2 Å². The predicted molar refractivity (Wildman–Crippen MR) is 116 cm³/mol. The number of unbranched alkanes of at least 4 members (excludes halogenated alkanes) is 3. The lowest BCUT2D eigenvalue weighted by atomic mass is 9.95. The van der Waals surface area contributed by atoms with Crippen LogP contribution < -0.4 is 21.1 Å². The van der Waals surface area contributed by atoms with Gasteiger partial charge < -0.3 is 15.2 Å². The number of carboxylic acid groups (broad SMARTS) is 1. The maximum absolute atomic E-state index is 12.5. The van der Waals surface area contributed by atoms with Crippen molar-refractivity contribution >= 4 is 17.7 Å². The predicted octanol–water partition coefficient (Wildman–Crippen LogP) is 1.95. The van der Waals surface area contributed by atoms with E-state index in [0.29, 0.717) is 18.9 Å². The molecule has 0 fully saturated rings. The average molecular weight is 460 g/mol. The van der Waals surface area contributed by atoms with Crippen molar-refractivity contribution < 1.29 is 32.9 Å². The van der Waals surface area contributed by atoms with Crippen molar-refractivity contribution in [1.29, 1.82) is 0 Å². The Hall–Kier alpha value is -2.58. The van der Waals surface area contributed by atoms with E-state index in [1.54, 1.807) is 0 Å².